The van der Waals surface area contributed by atoms with E-state index in [4.69, 9.17) is 0 Å². The average molecular weight is 586 g/mol. The molecule has 2 amide bonds. The number of H-pyrrole nitrogens is 1. The van der Waals surface area contributed by atoms with Crippen molar-refractivity contribution in [2.24, 2.45) is 0 Å². The normalized spacial score (nSPS) is 21.8. The van der Waals surface area contributed by atoms with Gasteiger partial charge in [0.1, 0.15) is 19.0 Å². The van der Waals surface area contributed by atoms with Crippen molar-refractivity contribution in [2.45, 2.75) is 27.9 Å². The van der Waals surface area contributed by atoms with E-state index in [1.54, 1.807) is 18.2 Å². The van der Waals surface area contributed by atoms with Crippen LogP contribution >= 0.6 is 31.1 Å². The molecular weight excluding hydrogens is 569 g/mol. The number of β-lactam (4-membered cyclic amide) rings is 1. The van der Waals surface area contributed by atoms with Crippen molar-refractivity contribution in [2.75, 3.05) is 11.9 Å². The van der Waals surface area contributed by atoms with E-state index in [9.17, 15) is 38.9 Å². The number of fused-ring (bicyclic) bond motifs is 1. The third-order valence-corrected chi connectivity index (χ3v) is 8.71. The number of hydrogen-bond acceptors (Lipinski definition) is 12. The zero-order valence-electron chi connectivity index (χ0n) is 19.5. The Hall–Kier alpha value is -0.750. The Balaban J connectivity index is 0.00000241. The van der Waals surface area contributed by atoms with Crippen molar-refractivity contribution in [1.29, 1.82) is 0 Å². The van der Waals surface area contributed by atoms with Crippen LogP contribution in [0.5, 0.6) is 0 Å². The third-order valence-electron chi connectivity index (χ3n) is 5.21. The van der Waals surface area contributed by atoms with Crippen LogP contribution in [-0.2, 0) is 18.9 Å². The second-order valence-electron chi connectivity index (χ2n) is 7.49. The van der Waals surface area contributed by atoms with Crippen molar-refractivity contribution in [3.63, 3.8) is 0 Å². The summed E-state index contributed by atoms with van der Waals surface area (Å²) in [4.78, 5) is 59.3. The molecule has 5 atom stereocenters. The van der Waals surface area contributed by atoms with Gasteiger partial charge in [-0.05, 0) is 16.3 Å². The number of carboxylic acids is 1. The number of rotatable bonds is 9. The van der Waals surface area contributed by atoms with Crippen LogP contribution < -0.4 is 74.4 Å². The first kappa shape index (κ1) is 32.5. The van der Waals surface area contributed by atoms with E-state index in [1.807, 2.05) is 0 Å². The number of aliphatic carboxylic acids is 1. The van der Waals surface area contributed by atoms with Crippen LogP contribution in [0.25, 0.3) is 0 Å². The molecule has 4 N–H and O–H groups in total. The third kappa shape index (κ3) is 7.47. The zero-order chi connectivity index (χ0) is 25.3. The fourth-order valence-corrected chi connectivity index (χ4v) is 7.46. The van der Waals surface area contributed by atoms with Gasteiger partial charge in [-0.2, -0.15) is 5.21 Å². The number of aromatic nitrogens is 4. The number of carbonyl (C=O) groups is 3. The number of benzene rings is 1. The van der Waals surface area contributed by atoms with Gasteiger partial charge in [-0.15, -0.1) is 22.0 Å². The summed E-state index contributed by atoms with van der Waals surface area (Å²) in [6.45, 7) is 0. The van der Waals surface area contributed by atoms with Crippen LogP contribution in [0.3, 0.4) is 0 Å². The molecule has 19 heteroatoms. The van der Waals surface area contributed by atoms with Gasteiger partial charge in [-0.3, -0.25) is 14.5 Å². The van der Waals surface area contributed by atoms with Gasteiger partial charge < -0.3 is 34.7 Å². The molecule has 1 saturated heterocycles. The number of nitrogens with one attached hydrogen (secondary N) is 2. The van der Waals surface area contributed by atoms with Crippen LogP contribution in [0.15, 0.2) is 46.8 Å². The van der Waals surface area contributed by atoms with Gasteiger partial charge in [-0.1, -0.05) is 42.1 Å². The maximum Gasteiger partial charge on any atom is 1.00 e. The number of carbonyl (C=O) groups excluding carboxylic acids is 3. The van der Waals surface area contributed by atoms with Crippen molar-refractivity contribution in [3.8, 4) is 0 Å². The van der Waals surface area contributed by atoms with Crippen molar-refractivity contribution >= 4 is 48.9 Å². The molecule has 0 bridgehead atoms. The molecule has 2 aromatic rings. The van der Waals surface area contributed by atoms with Crippen LogP contribution in [0.4, 0.5) is 0 Å². The number of aliphatic hydroxyl groups excluding tert-OH is 1. The van der Waals surface area contributed by atoms with Gasteiger partial charge in [-0.25, -0.2) is 0 Å². The second-order valence-corrected chi connectivity index (χ2v) is 11.4. The number of thioether (sulfide) groups is 2. The van der Waals surface area contributed by atoms with Gasteiger partial charge in [0, 0.05) is 17.2 Å². The van der Waals surface area contributed by atoms with Crippen LogP contribution in [0, 0.1) is 0 Å². The molecule has 1 fully saturated rings. The van der Waals surface area contributed by atoms with E-state index in [1.165, 1.54) is 12.1 Å². The van der Waals surface area contributed by atoms with E-state index in [-0.39, 0.29) is 75.6 Å². The van der Waals surface area contributed by atoms with Gasteiger partial charge >= 0.3 is 59.1 Å². The monoisotopic (exact) mass is 586 g/mol. The summed E-state index contributed by atoms with van der Waals surface area (Å²) in [5, 5.41) is 35.7. The Morgan fingerprint density at radius 1 is 1.32 bits per heavy atom. The minimum Gasteiger partial charge on any atom is -0.779 e. The molecular formula is C18H17N6Na2O8PS2. The molecule has 1 aromatic heterocycles. The predicted molar refractivity (Wildman–Crippen MR) is 117 cm³/mol. The van der Waals surface area contributed by atoms with E-state index >= 15 is 0 Å². The van der Waals surface area contributed by atoms with Crippen molar-refractivity contribution in [3.05, 3.63) is 47.2 Å². The molecule has 3 heterocycles. The average Bonchev–Trinajstić information content (AvgIpc) is 3.33. The van der Waals surface area contributed by atoms with Gasteiger partial charge in [0.2, 0.25) is 5.16 Å². The summed E-state index contributed by atoms with van der Waals surface area (Å²) < 4.78 is 11.6. The van der Waals surface area contributed by atoms with E-state index in [0.29, 0.717) is 5.56 Å². The SMILES string of the molecule is O=C([O-])C1=C(C(CP(=O)([O-])O)Sc2nn[nH]n2)CS[C@H]2[C@H](NC(=O)C(O)c3ccccc3)C(=O)N12.[Na+].[Na+]. The Morgan fingerprint density at radius 2 is 2.00 bits per heavy atom. The van der Waals surface area contributed by atoms with Gasteiger partial charge in [0.25, 0.3) is 11.8 Å². The smallest absolute Gasteiger partial charge is 0.779 e. The summed E-state index contributed by atoms with van der Waals surface area (Å²) >= 11 is 1.82. The fraction of sp³-hybridized carbons (Fsp3) is 0.333. The minimum absolute atomic E-state index is 0. The van der Waals surface area contributed by atoms with Crippen LogP contribution in [0.1, 0.15) is 11.7 Å². The summed E-state index contributed by atoms with van der Waals surface area (Å²) in [5.74, 6) is -3.39. The maximum absolute atomic E-state index is 12.9. The van der Waals surface area contributed by atoms with Gasteiger partial charge in [0.15, 0.2) is 6.10 Å². The molecule has 14 nitrogen and oxygen atoms in total. The maximum atomic E-state index is 12.9. The Kier molecular flexibility index (Phi) is 11.9. The number of tetrazole rings is 1. The van der Waals surface area contributed by atoms with E-state index < -0.39 is 60.0 Å². The molecule has 37 heavy (non-hydrogen) atoms. The standard InChI is InChI=1S/C18H19N6O8PS2.2Na/c25-13(8-4-2-1-3-5-8)14(26)19-11-15(27)24-12(17(28)29)9(7-34-16(11)24)10(6-33(30,31)32)35-18-20-22-23-21-18;;/h1-5,10-11,13,16,25H,6-7H2,(H,19,26)(H,28,29)(H2,30,31,32)(H,20,21,22,23);;/q;2*+1/p-2/t10?,11-,13?,16+;;/m1../s1. The number of carboxylic acid groups (broad SMARTS) is 1. The molecule has 0 radical (unpaired) electrons. The number of aromatic amines is 1. The first-order valence-electron chi connectivity index (χ1n) is 9.92. The number of aliphatic hydroxyl groups is 1. The quantitative estimate of drug-likeness (QED) is 0.0928. The first-order valence-corrected chi connectivity index (χ1v) is 13.6. The molecule has 0 saturated carbocycles. The van der Waals surface area contributed by atoms with Crippen LogP contribution in [0.2, 0.25) is 0 Å². The zero-order valence-corrected chi connectivity index (χ0v) is 26.0. The minimum atomic E-state index is -4.87. The molecule has 0 spiro atoms. The molecule has 2 aliphatic rings. The Morgan fingerprint density at radius 3 is 2.57 bits per heavy atom. The number of nitrogens with zero attached hydrogens (tertiary/aromatic N) is 4. The number of amides is 2. The summed E-state index contributed by atoms with van der Waals surface area (Å²) in [6, 6.07) is 6.93. The molecule has 2 aliphatic heterocycles. The Bertz CT molecular complexity index is 1220. The second kappa shape index (κ2) is 13.5. The molecule has 1 aromatic carbocycles. The molecule has 186 valence electrons. The first-order chi connectivity index (χ1) is 16.6. The van der Waals surface area contributed by atoms with Gasteiger partial charge in [0.05, 0.1) is 11.7 Å². The summed E-state index contributed by atoms with van der Waals surface area (Å²) in [7, 11) is -4.87. The van der Waals surface area contributed by atoms with E-state index in [0.717, 1.165) is 28.4 Å². The van der Waals surface area contributed by atoms with Crippen molar-refractivity contribution < 1.29 is 98.1 Å². The molecule has 3 unspecified atom stereocenters. The summed E-state index contributed by atoms with van der Waals surface area (Å²) in [6.07, 6.45) is -2.39. The van der Waals surface area contributed by atoms with E-state index in [2.05, 4.69) is 25.9 Å². The number of hydrogen-bond donors (Lipinski definition) is 4. The molecule has 0 aliphatic carbocycles. The predicted octanol–water partition coefficient (Wildman–Crippen LogP) is -8.65. The van der Waals surface area contributed by atoms with Crippen molar-refractivity contribution in [1.82, 2.24) is 30.8 Å². The fourth-order valence-electron chi connectivity index (χ4n) is 3.66. The largest absolute Gasteiger partial charge is 1.00 e. The Labute approximate surface area is 262 Å². The summed E-state index contributed by atoms with van der Waals surface area (Å²) in [5.41, 5.74) is -0.231. The molecule has 4 rings (SSSR count). The van der Waals surface area contributed by atoms with Crippen LogP contribution in [-0.4, -0.2) is 81.9 Å². The topological polar surface area (TPSA) is 225 Å².